The molecule has 1 saturated heterocycles. The number of nitrogens with one attached hydrogen (secondary N) is 1. The van der Waals surface area contributed by atoms with E-state index in [1.54, 1.807) is 4.68 Å². The van der Waals surface area contributed by atoms with Crippen LogP contribution in [0.4, 0.5) is 5.69 Å². The summed E-state index contributed by atoms with van der Waals surface area (Å²) in [7, 11) is 1.88. The quantitative estimate of drug-likeness (QED) is 0.649. The van der Waals surface area contributed by atoms with Gasteiger partial charge in [0.05, 0.1) is 18.5 Å². The molecule has 0 bridgehead atoms. The Morgan fingerprint density at radius 1 is 1.09 bits per heavy atom. The average Bonchev–Trinajstić information content (AvgIpc) is 3.27. The number of likely N-dealkylation sites (tertiary alicyclic amines) is 1. The van der Waals surface area contributed by atoms with Gasteiger partial charge in [-0.2, -0.15) is 5.10 Å². The van der Waals surface area contributed by atoms with Crippen molar-refractivity contribution in [3.8, 4) is 16.9 Å². The van der Waals surface area contributed by atoms with Gasteiger partial charge in [0.2, 0.25) is 5.91 Å². The van der Waals surface area contributed by atoms with E-state index in [9.17, 15) is 9.59 Å². The molecule has 33 heavy (non-hydrogen) atoms. The summed E-state index contributed by atoms with van der Waals surface area (Å²) >= 11 is 0. The monoisotopic (exact) mass is 444 g/mol. The second-order valence-corrected chi connectivity index (χ2v) is 8.93. The molecule has 170 valence electrons. The number of benzene rings is 2. The molecule has 2 amide bonds. The topological polar surface area (TPSA) is 76.5 Å². The van der Waals surface area contributed by atoms with Crippen molar-refractivity contribution in [1.29, 1.82) is 0 Å². The molecule has 3 heterocycles. The van der Waals surface area contributed by atoms with E-state index in [4.69, 9.17) is 4.74 Å². The minimum absolute atomic E-state index is 0.00582. The second-order valence-electron chi connectivity index (χ2n) is 8.93. The van der Waals surface area contributed by atoms with Gasteiger partial charge < -0.3 is 15.0 Å². The third-order valence-corrected chi connectivity index (χ3v) is 6.69. The SMILES string of the molecule is Cn1cc(-c2ccc3c(c2)OCC[C@H]2CN(C(=O)c4ccccc4)CC[C@H]2CC(=O)N3)cn1. The van der Waals surface area contributed by atoms with Gasteiger partial charge in [-0.1, -0.05) is 24.3 Å². The molecular formula is C26H28N4O3. The number of ether oxygens (including phenoxy) is 1. The molecule has 1 fully saturated rings. The molecule has 0 spiro atoms. The first-order chi connectivity index (χ1) is 16.1. The molecule has 3 aromatic rings. The summed E-state index contributed by atoms with van der Waals surface area (Å²) < 4.78 is 7.92. The number of anilines is 1. The summed E-state index contributed by atoms with van der Waals surface area (Å²) in [5.74, 6) is 1.18. The van der Waals surface area contributed by atoms with Crippen LogP contribution < -0.4 is 10.1 Å². The van der Waals surface area contributed by atoms with Crippen molar-refractivity contribution >= 4 is 17.5 Å². The molecular weight excluding hydrogens is 416 g/mol. The number of piperidine rings is 1. The molecule has 0 aliphatic carbocycles. The van der Waals surface area contributed by atoms with Crippen LogP contribution in [-0.4, -0.2) is 46.2 Å². The first-order valence-electron chi connectivity index (χ1n) is 11.5. The van der Waals surface area contributed by atoms with E-state index in [2.05, 4.69) is 10.4 Å². The third kappa shape index (κ3) is 4.62. The lowest BCUT2D eigenvalue weighted by molar-refractivity contribution is -0.118. The Morgan fingerprint density at radius 3 is 2.73 bits per heavy atom. The highest BCUT2D eigenvalue weighted by Gasteiger charge is 2.33. The molecule has 2 atom stereocenters. The van der Waals surface area contributed by atoms with Gasteiger partial charge in [0.15, 0.2) is 0 Å². The van der Waals surface area contributed by atoms with E-state index in [1.807, 2.05) is 72.9 Å². The lowest BCUT2D eigenvalue weighted by atomic mass is 9.80. The van der Waals surface area contributed by atoms with Gasteiger partial charge in [-0.25, -0.2) is 0 Å². The van der Waals surface area contributed by atoms with Gasteiger partial charge in [0, 0.05) is 43.9 Å². The second kappa shape index (κ2) is 9.10. The van der Waals surface area contributed by atoms with Crippen LogP contribution in [0.3, 0.4) is 0 Å². The van der Waals surface area contributed by atoms with Crippen LogP contribution in [0, 0.1) is 11.8 Å². The van der Waals surface area contributed by atoms with Gasteiger partial charge in [-0.05, 0) is 54.5 Å². The third-order valence-electron chi connectivity index (χ3n) is 6.69. The highest BCUT2D eigenvalue weighted by atomic mass is 16.5. The highest BCUT2D eigenvalue weighted by Crippen LogP contribution is 2.35. The molecule has 1 aromatic heterocycles. The average molecular weight is 445 g/mol. The van der Waals surface area contributed by atoms with E-state index in [-0.39, 0.29) is 23.7 Å². The largest absolute Gasteiger partial charge is 0.491 e. The van der Waals surface area contributed by atoms with Crippen molar-refractivity contribution in [3.63, 3.8) is 0 Å². The number of hydrogen-bond acceptors (Lipinski definition) is 4. The molecule has 5 rings (SSSR count). The number of aromatic nitrogens is 2. The van der Waals surface area contributed by atoms with Crippen LogP contribution in [0.5, 0.6) is 5.75 Å². The maximum absolute atomic E-state index is 13.0. The smallest absolute Gasteiger partial charge is 0.253 e. The van der Waals surface area contributed by atoms with Crippen molar-refractivity contribution < 1.29 is 14.3 Å². The summed E-state index contributed by atoms with van der Waals surface area (Å²) in [6, 6.07) is 15.2. The van der Waals surface area contributed by atoms with Crippen LogP contribution in [0.2, 0.25) is 0 Å². The first kappa shape index (κ1) is 21.2. The Kier molecular flexibility index (Phi) is 5.86. The molecule has 7 heteroatoms. The molecule has 2 aromatic carbocycles. The molecule has 2 aliphatic rings. The van der Waals surface area contributed by atoms with Gasteiger partial charge >= 0.3 is 0 Å². The molecule has 7 nitrogen and oxygen atoms in total. The lowest BCUT2D eigenvalue weighted by Crippen LogP contribution is -2.45. The Labute approximate surface area is 193 Å². The van der Waals surface area contributed by atoms with Crippen molar-refractivity contribution in [2.24, 2.45) is 18.9 Å². The van der Waals surface area contributed by atoms with E-state index in [0.29, 0.717) is 43.1 Å². The molecule has 0 saturated carbocycles. The fourth-order valence-corrected chi connectivity index (χ4v) is 4.88. The minimum atomic E-state index is -0.00582. The maximum atomic E-state index is 13.0. The van der Waals surface area contributed by atoms with E-state index >= 15 is 0 Å². The predicted octanol–water partition coefficient (Wildman–Crippen LogP) is 3.98. The van der Waals surface area contributed by atoms with Crippen molar-refractivity contribution in [2.75, 3.05) is 25.0 Å². The fraction of sp³-hybridized carbons (Fsp3) is 0.346. The Bertz CT molecular complexity index is 1160. The number of carbonyl (C=O) groups excluding carboxylic acids is 2. The zero-order valence-electron chi connectivity index (χ0n) is 18.7. The van der Waals surface area contributed by atoms with Crippen molar-refractivity contribution in [1.82, 2.24) is 14.7 Å². The maximum Gasteiger partial charge on any atom is 0.253 e. The normalized spacial score (nSPS) is 20.8. The Balaban J connectivity index is 1.33. The molecule has 1 N–H and O–H groups in total. The number of rotatable bonds is 2. The minimum Gasteiger partial charge on any atom is -0.491 e. The van der Waals surface area contributed by atoms with Crippen molar-refractivity contribution in [2.45, 2.75) is 19.3 Å². The number of carbonyl (C=O) groups is 2. The summed E-state index contributed by atoms with van der Waals surface area (Å²) in [4.78, 5) is 27.7. The number of hydrogen-bond donors (Lipinski definition) is 1. The van der Waals surface area contributed by atoms with Crippen LogP contribution in [0.15, 0.2) is 60.9 Å². The van der Waals surface area contributed by atoms with Crippen LogP contribution >= 0.6 is 0 Å². The van der Waals surface area contributed by atoms with Gasteiger partial charge in [-0.15, -0.1) is 0 Å². The van der Waals surface area contributed by atoms with Crippen LogP contribution in [-0.2, 0) is 11.8 Å². The number of nitrogens with zero attached hydrogens (tertiary/aromatic N) is 3. The van der Waals surface area contributed by atoms with E-state index in [1.165, 1.54) is 0 Å². The van der Waals surface area contributed by atoms with E-state index in [0.717, 1.165) is 24.0 Å². The summed E-state index contributed by atoms with van der Waals surface area (Å²) in [5.41, 5.74) is 3.39. The van der Waals surface area contributed by atoms with Gasteiger partial charge in [0.1, 0.15) is 5.75 Å². The van der Waals surface area contributed by atoms with Crippen LogP contribution in [0.1, 0.15) is 29.6 Å². The number of aryl methyl sites for hydroxylation is 1. The summed E-state index contributed by atoms with van der Waals surface area (Å²) in [5, 5.41) is 7.28. The van der Waals surface area contributed by atoms with Gasteiger partial charge in [-0.3, -0.25) is 14.3 Å². The lowest BCUT2D eigenvalue weighted by Gasteiger charge is -2.39. The molecule has 0 radical (unpaired) electrons. The summed E-state index contributed by atoms with van der Waals surface area (Å²) in [6.45, 7) is 1.86. The first-order valence-corrected chi connectivity index (χ1v) is 11.5. The summed E-state index contributed by atoms with van der Waals surface area (Å²) in [6.07, 6.45) is 5.84. The standard InChI is InChI=1S/C26H28N4O3/c1-29-16-22(15-27-29)19-7-8-23-24(13-19)33-12-10-21-17-30(11-9-20(21)14-25(31)28-23)26(32)18-5-3-2-4-6-18/h2-8,13,15-16,20-21H,9-12,14,17H2,1H3,(H,28,31)/t20-,21-/m0/s1. The van der Waals surface area contributed by atoms with E-state index < -0.39 is 0 Å². The van der Waals surface area contributed by atoms with Crippen molar-refractivity contribution in [3.05, 3.63) is 66.5 Å². The van der Waals surface area contributed by atoms with Gasteiger partial charge in [0.25, 0.3) is 5.91 Å². The molecule has 2 aliphatic heterocycles. The Hall–Kier alpha value is -3.61. The zero-order valence-corrected chi connectivity index (χ0v) is 18.7. The predicted molar refractivity (Wildman–Crippen MR) is 126 cm³/mol. The highest BCUT2D eigenvalue weighted by molar-refractivity contribution is 5.94. The fourth-order valence-electron chi connectivity index (χ4n) is 4.88. The number of amides is 2. The zero-order chi connectivity index (χ0) is 22.8. The van der Waals surface area contributed by atoms with Crippen LogP contribution in [0.25, 0.3) is 11.1 Å². The Morgan fingerprint density at radius 2 is 1.94 bits per heavy atom. The number of fused-ring (bicyclic) bond motifs is 2. The molecule has 0 unspecified atom stereocenters.